The minimum atomic E-state index is -1.03. The maximum atomic E-state index is 13.3. The van der Waals surface area contributed by atoms with Crippen LogP contribution in [0.3, 0.4) is 0 Å². The zero-order chi connectivity index (χ0) is 14.6. The third-order valence-corrected chi connectivity index (χ3v) is 3.30. The second kappa shape index (κ2) is 6.14. The van der Waals surface area contributed by atoms with Gasteiger partial charge in [-0.1, -0.05) is 6.07 Å². The van der Waals surface area contributed by atoms with E-state index in [2.05, 4.69) is 21.2 Å². The van der Waals surface area contributed by atoms with Crippen LogP contribution < -0.4 is 5.32 Å². The van der Waals surface area contributed by atoms with Crippen molar-refractivity contribution in [3.05, 3.63) is 34.1 Å². The van der Waals surface area contributed by atoms with Crippen LogP contribution in [0.15, 0.2) is 22.7 Å². The first kappa shape index (κ1) is 15.6. The molecule has 0 atom stereocenters. The maximum Gasteiger partial charge on any atom is 0.310 e. The number of hydrogen-bond donors (Lipinski definition) is 2. The van der Waals surface area contributed by atoms with Crippen molar-refractivity contribution in [3.8, 4) is 0 Å². The molecule has 0 bridgehead atoms. The summed E-state index contributed by atoms with van der Waals surface area (Å²) in [5, 5.41) is 11.4. The van der Waals surface area contributed by atoms with E-state index in [4.69, 9.17) is 5.11 Å². The molecule has 0 saturated carbocycles. The Kier molecular flexibility index (Phi) is 5.05. The fourth-order valence-electron chi connectivity index (χ4n) is 1.29. The lowest BCUT2D eigenvalue weighted by molar-refractivity contribution is -0.146. The van der Waals surface area contributed by atoms with E-state index >= 15 is 0 Å². The zero-order valence-corrected chi connectivity index (χ0v) is 12.3. The second-order valence-electron chi connectivity index (χ2n) is 4.89. The van der Waals surface area contributed by atoms with Crippen molar-refractivity contribution in [3.63, 3.8) is 0 Å². The Morgan fingerprint density at radius 3 is 2.58 bits per heavy atom. The minimum Gasteiger partial charge on any atom is -0.481 e. The van der Waals surface area contributed by atoms with Gasteiger partial charge in [0.2, 0.25) is 5.91 Å². The molecule has 1 amide bonds. The SMILES string of the molecule is CC(C)(CNC(=O)Cc1ccc(Br)c(F)c1)C(=O)O. The van der Waals surface area contributed by atoms with Gasteiger partial charge < -0.3 is 10.4 Å². The molecule has 0 aromatic heterocycles. The molecule has 0 aliphatic heterocycles. The number of carboxylic acid groups (broad SMARTS) is 1. The number of amides is 1. The Bertz CT molecular complexity index is 503. The summed E-state index contributed by atoms with van der Waals surface area (Å²) in [5.41, 5.74) is -0.494. The summed E-state index contributed by atoms with van der Waals surface area (Å²) in [6, 6.07) is 4.43. The van der Waals surface area contributed by atoms with Crippen LogP contribution in [0, 0.1) is 11.2 Å². The summed E-state index contributed by atoms with van der Waals surface area (Å²) in [6.07, 6.45) is 0.0138. The summed E-state index contributed by atoms with van der Waals surface area (Å²) < 4.78 is 13.6. The maximum absolute atomic E-state index is 13.3. The molecule has 1 rings (SSSR count). The van der Waals surface area contributed by atoms with Crippen molar-refractivity contribution < 1.29 is 19.1 Å². The van der Waals surface area contributed by atoms with Crippen LogP contribution in [0.4, 0.5) is 4.39 Å². The molecule has 104 valence electrons. The highest BCUT2D eigenvalue weighted by atomic mass is 79.9. The molecular weight excluding hydrogens is 317 g/mol. The second-order valence-corrected chi connectivity index (χ2v) is 5.75. The Morgan fingerprint density at radius 2 is 2.05 bits per heavy atom. The quantitative estimate of drug-likeness (QED) is 0.870. The number of hydrogen-bond acceptors (Lipinski definition) is 2. The van der Waals surface area contributed by atoms with Gasteiger partial charge in [0.1, 0.15) is 5.82 Å². The Balaban J connectivity index is 2.56. The molecule has 6 heteroatoms. The molecule has 0 fully saturated rings. The molecule has 1 aromatic carbocycles. The predicted molar refractivity (Wildman–Crippen MR) is 72.2 cm³/mol. The summed E-state index contributed by atoms with van der Waals surface area (Å²) in [6.45, 7) is 3.07. The summed E-state index contributed by atoms with van der Waals surface area (Å²) in [4.78, 5) is 22.5. The fraction of sp³-hybridized carbons (Fsp3) is 0.385. The van der Waals surface area contributed by atoms with Crippen LogP contribution in [0.2, 0.25) is 0 Å². The van der Waals surface area contributed by atoms with E-state index in [-0.39, 0.29) is 18.9 Å². The average molecular weight is 332 g/mol. The van der Waals surface area contributed by atoms with Gasteiger partial charge in [0.25, 0.3) is 0 Å². The van der Waals surface area contributed by atoms with Crippen LogP contribution in [-0.2, 0) is 16.0 Å². The molecule has 0 aliphatic rings. The number of carbonyl (C=O) groups excluding carboxylic acids is 1. The standard InChI is InChI=1S/C13H15BrFNO3/c1-13(2,12(18)19)7-16-11(17)6-8-3-4-9(14)10(15)5-8/h3-5H,6-7H2,1-2H3,(H,16,17)(H,18,19). The minimum absolute atomic E-state index is 0.0138. The summed E-state index contributed by atoms with van der Waals surface area (Å²) in [7, 11) is 0. The van der Waals surface area contributed by atoms with Gasteiger partial charge in [0.05, 0.1) is 16.3 Å². The van der Waals surface area contributed by atoms with Gasteiger partial charge in [-0.2, -0.15) is 0 Å². The number of nitrogens with one attached hydrogen (secondary N) is 1. The normalized spacial score (nSPS) is 11.2. The first-order valence-corrected chi connectivity index (χ1v) is 6.46. The number of carboxylic acids is 1. The van der Waals surface area contributed by atoms with Crippen LogP contribution >= 0.6 is 15.9 Å². The molecule has 2 N–H and O–H groups in total. The molecule has 0 unspecified atom stereocenters. The molecule has 1 aromatic rings. The van der Waals surface area contributed by atoms with Crippen molar-refractivity contribution in [2.45, 2.75) is 20.3 Å². The Morgan fingerprint density at radius 1 is 1.42 bits per heavy atom. The van der Waals surface area contributed by atoms with E-state index in [1.165, 1.54) is 26.0 Å². The van der Waals surface area contributed by atoms with E-state index in [0.717, 1.165) is 0 Å². The molecule has 4 nitrogen and oxygen atoms in total. The number of aliphatic carboxylic acids is 1. The van der Waals surface area contributed by atoms with Gasteiger partial charge in [-0.25, -0.2) is 4.39 Å². The van der Waals surface area contributed by atoms with Crippen molar-refractivity contribution in [1.29, 1.82) is 0 Å². The highest BCUT2D eigenvalue weighted by Gasteiger charge is 2.27. The van der Waals surface area contributed by atoms with Crippen LogP contribution in [0.1, 0.15) is 19.4 Å². The molecule has 0 saturated heterocycles. The molecule has 0 heterocycles. The van der Waals surface area contributed by atoms with Crippen LogP contribution in [-0.4, -0.2) is 23.5 Å². The van der Waals surface area contributed by atoms with Crippen molar-refractivity contribution in [2.75, 3.05) is 6.54 Å². The van der Waals surface area contributed by atoms with E-state index in [0.29, 0.717) is 10.0 Å². The van der Waals surface area contributed by atoms with Crippen molar-refractivity contribution in [1.82, 2.24) is 5.32 Å². The lowest BCUT2D eigenvalue weighted by Gasteiger charge is -2.19. The van der Waals surface area contributed by atoms with Gasteiger partial charge in [-0.3, -0.25) is 9.59 Å². The van der Waals surface area contributed by atoms with Gasteiger partial charge in [0.15, 0.2) is 0 Å². The third kappa shape index (κ3) is 4.63. The molecule has 19 heavy (non-hydrogen) atoms. The smallest absolute Gasteiger partial charge is 0.310 e. The average Bonchev–Trinajstić information content (AvgIpc) is 2.31. The molecule has 0 radical (unpaired) electrons. The summed E-state index contributed by atoms with van der Waals surface area (Å²) in [5.74, 6) is -1.75. The van der Waals surface area contributed by atoms with Crippen LogP contribution in [0.5, 0.6) is 0 Å². The predicted octanol–water partition coefficient (Wildman–Crippen LogP) is 2.36. The molecular formula is C13H15BrFNO3. The first-order valence-electron chi connectivity index (χ1n) is 5.66. The highest BCUT2D eigenvalue weighted by molar-refractivity contribution is 9.10. The first-order chi connectivity index (χ1) is 8.72. The fourth-order valence-corrected chi connectivity index (χ4v) is 1.54. The van der Waals surface area contributed by atoms with Gasteiger partial charge in [-0.05, 0) is 47.5 Å². The summed E-state index contributed by atoms with van der Waals surface area (Å²) >= 11 is 3.03. The van der Waals surface area contributed by atoms with Crippen molar-refractivity contribution in [2.24, 2.45) is 5.41 Å². The largest absolute Gasteiger partial charge is 0.481 e. The van der Waals surface area contributed by atoms with Gasteiger partial charge in [0, 0.05) is 6.54 Å². The number of carbonyl (C=O) groups is 2. The van der Waals surface area contributed by atoms with E-state index in [1.807, 2.05) is 0 Å². The number of benzene rings is 1. The number of rotatable bonds is 5. The van der Waals surface area contributed by atoms with Crippen molar-refractivity contribution >= 4 is 27.8 Å². The Labute approximate surface area is 119 Å². The monoisotopic (exact) mass is 331 g/mol. The number of halogens is 2. The third-order valence-electron chi connectivity index (χ3n) is 2.66. The van der Waals surface area contributed by atoms with E-state index < -0.39 is 17.2 Å². The lowest BCUT2D eigenvalue weighted by atomic mass is 9.94. The van der Waals surface area contributed by atoms with Gasteiger partial charge in [-0.15, -0.1) is 0 Å². The van der Waals surface area contributed by atoms with E-state index in [1.54, 1.807) is 6.07 Å². The van der Waals surface area contributed by atoms with E-state index in [9.17, 15) is 14.0 Å². The van der Waals surface area contributed by atoms with Gasteiger partial charge >= 0.3 is 5.97 Å². The molecule has 0 aliphatic carbocycles. The highest BCUT2D eigenvalue weighted by Crippen LogP contribution is 2.17. The topological polar surface area (TPSA) is 66.4 Å². The molecule has 0 spiro atoms. The Hall–Kier alpha value is -1.43. The zero-order valence-electron chi connectivity index (χ0n) is 10.7. The lowest BCUT2D eigenvalue weighted by Crippen LogP contribution is -2.39. The van der Waals surface area contributed by atoms with Crippen LogP contribution in [0.25, 0.3) is 0 Å².